The summed E-state index contributed by atoms with van der Waals surface area (Å²) < 4.78 is 59.0. The van der Waals surface area contributed by atoms with Gasteiger partial charge in [0.1, 0.15) is 0 Å². The van der Waals surface area contributed by atoms with Crippen molar-refractivity contribution in [2.24, 2.45) is 0 Å². The van der Waals surface area contributed by atoms with Crippen LogP contribution < -0.4 is 11.1 Å². The number of hydrogen-bond acceptors (Lipinski definition) is 10. The summed E-state index contributed by atoms with van der Waals surface area (Å²) in [5, 5.41) is 13.7. The minimum Gasteiger partial charge on any atom is -0.436 e. The molecule has 2 aromatic carbocycles. The fourth-order valence-electron chi connectivity index (χ4n) is 9.15. The van der Waals surface area contributed by atoms with Crippen LogP contribution in [0.2, 0.25) is 5.02 Å². The number of nitrogens with zero attached hydrogens (tertiary/aromatic N) is 5. The number of aliphatic hydroxyl groups is 1. The lowest BCUT2D eigenvalue weighted by atomic mass is 9.99. The summed E-state index contributed by atoms with van der Waals surface area (Å²) in [4.78, 5) is 50.5. The molecule has 3 atom stereocenters. The van der Waals surface area contributed by atoms with Crippen molar-refractivity contribution in [3.05, 3.63) is 58.1 Å². The molecule has 0 spiro atoms. The van der Waals surface area contributed by atoms with Crippen LogP contribution in [0.15, 0.2) is 36.4 Å². The molecule has 4 saturated heterocycles. The summed E-state index contributed by atoms with van der Waals surface area (Å²) in [7, 11) is 0. The molecule has 0 aromatic heterocycles. The number of anilines is 2. The second-order valence-electron chi connectivity index (χ2n) is 16.1. The molecule has 5 aliphatic heterocycles. The second kappa shape index (κ2) is 19.2. The first kappa shape index (κ1) is 43.2. The van der Waals surface area contributed by atoms with Gasteiger partial charge in [-0.15, -0.1) is 0 Å². The van der Waals surface area contributed by atoms with E-state index < -0.39 is 41.8 Å². The van der Waals surface area contributed by atoms with Gasteiger partial charge in [0.2, 0.25) is 0 Å². The zero-order valence-corrected chi connectivity index (χ0v) is 34.0. The van der Waals surface area contributed by atoms with E-state index in [1.807, 2.05) is 24.3 Å². The third-order valence-electron chi connectivity index (χ3n) is 12.5. The van der Waals surface area contributed by atoms with Crippen LogP contribution in [0.4, 0.5) is 34.1 Å². The van der Waals surface area contributed by atoms with Gasteiger partial charge in [-0.1, -0.05) is 29.8 Å². The number of nitrogens with two attached hydrogens (primary N) is 1. The number of fused-ring (bicyclic) bond motifs is 1. The highest BCUT2D eigenvalue weighted by molar-refractivity contribution is 6.33. The molecule has 0 bridgehead atoms. The Morgan fingerprint density at radius 1 is 0.949 bits per heavy atom. The summed E-state index contributed by atoms with van der Waals surface area (Å²) >= 11 is 6.16. The van der Waals surface area contributed by atoms with E-state index in [0.717, 1.165) is 49.8 Å². The van der Waals surface area contributed by atoms with Crippen molar-refractivity contribution in [1.29, 1.82) is 0 Å². The highest BCUT2D eigenvalue weighted by atomic mass is 35.5. The van der Waals surface area contributed by atoms with Gasteiger partial charge in [-0.05, 0) is 80.8 Å². The Morgan fingerprint density at radius 3 is 2.37 bits per heavy atom. The Kier molecular flexibility index (Phi) is 14.1. The number of rotatable bonds is 11. The highest BCUT2D eigenvalue weighted by Crippen LogP contribution is 2.38. The Hall–Kier alpha value is -3.87. The number of aliphatic hydroxyl groups excluding tert-OH is 1. The molecule has 4 N–H and O–H groups in total. The van der Waals surface area contributed by atoms with Crippen molar-refractivity contribution in [2.75, 3.05) is 89.8 Å². The summed E-state index contributed by atoms with van der Waals surface area (Å²) in [6.45, 7) is 6.68. The molecule has 5 heterocycles. The van der Waals surface area contributed by atoms with Gasteiger partial charge in [0, 0.05) is 76.5 Å². The molecule has 4 fully saturated rings. The van der Waals surface area contributed by atoms with E-state index in [-0.39, 0.29) is 54.3 Å². The number of nitrogen functional groups attached to an aromatic ring is 1. The van der Waals surface area contributed by atoms with Crippen LogP contribution in [0.3, 0.4) is 0 Å². The third-order valence-corrected chi connectivity index (χ3v) is 12.8. The predicted octanol–water partition coefficient (Wildman–Crippen LogP) is 4.67. The van der Waals surface area contributed by atoms with Crippen LogP contribution in [0.1, 0.15) is 55.2 Å². The number of ether oxygens (including phenoxy) is 3. The van der Waals surface area contributed by atoms with E-state index in [1.54, 1.807) is 9.80 Å². The molecule has 0 radical (unpaired) electrons. The number of para-hydroxylation sites is 1. The molecule has 324 valence electrons. The number of carbonyl (C=O) groups excluding carboxylic acids is 3. The first-order chi connectivity index (χ1) is 28.4. The van der Waals surface area contributed by atoms with Gasteiger partial charge in [0.05, 0.1) is 42.1 Å². The number of morpholine rings is 1. The van der Waals surface area contributed by atoms with E-state index in [2.05, 4.69) is 15.1 Å². The summed E-state index contributed by atoms with van der Waals surface area (Å²) in [5.74, 6) is -0.515. The topological polar surface area (TPSA) is 153 Å². The average Bonchev–Trinajstić information content (AvgIpc) is 3.66. The highest BCUT2D eigenvalue weighted by Gasteiger charge is 2.41. The Morgan fingerprint density at radius 2 is 1.64 bits per heavy atom. The fourth-order valence-corrected chi connectivity index (χ4v) is 9.39. The second-order valence-corrected chi connectivity index (χ2v) is 16.5. The van der Waals surface area contributed by atoms with Crippen LogP contribution >= 0.6 is 11.6 Å². The van der Waals surface area contributed by atoms with Gasteiger partial charge >= 0.3 is 18.3 Å². The standard InChI is InChI=1S/C41H55ClF3N7O7/c42-32-25-27(24-31(36(32)46)41(43,44)45)26-35(59-40(56)50-15-10-30(11-16-50)52-17-7-28-4-1-2-5-33(28)47-39(52)55)37(53)49-13-8-29(9-14-49)51-12-3-6-34(51)38(54)58-23-20-48-18-21-57-22-19-48/h1-2,4-5,24-25,29-30,34-35,38,54H,3,6-23,26,46H2,(H,47,55)/t34-,35+,38?/m0/s1. The number of benzene rings is 2. The van der Waals surface area contributed by atoms with Gasteiger partial charge in [-0.2, -0.15) is 13.2 Å². The van der Waals surface area contributed by atoms with Crippen molar-refractivity contribution in [1.82, 2.24) is 24.5 Å². The number of halogens is 4. The lowest BCUT2D eigenvalue weighted by Gasteiger charge is -2.41. The number of urea groups is 1. The van der Waals surface area contributed by atoms with Gasteiger partial charge in [-0.3, -0.25) is 14.6 Å². The Bertz CT molecular complexity index is 1790. The molecular weight excluding hydrogens is 795 g/mol. The van der Waals surface area contributed by atoms with Crippen molar-refractivity contribution in [3.8, 4) is 0 Å². The van der Waals surface area contributed by atoms with Gasteiger partial charge in [0.15, 0.2) is 12.4 Å². The van der Waals surface area contributed by atoms with Crippen molar-refractivity contribution < 1.29 is 46.9 Å². The zero-order valence-electron chi connectivity index (χ0n) is 33.2. The Balaban J connectivity index is 0.977. The predicted molar refractivity (Wildman–Crippen MR) is 214 cm³/mol. The number of nitrogens with one attached hydrogen (secondary N) is 1. The number of likely N-dealkylation sites (tertiary alicyclic amines) is 3. The largest absolute Gasteiger partial charge is 0.436 e. The van der Waals surface area contributed by atoms with Gasteiger partial charge in [0.25, 0.3) is 5.91 Å². The summed E-state index contributed by atoms with van der Waals surface area (Å²) in [6, 6.07) is 9.37. The quantitative estimate of drug-likeness (QED) is 0.215. The minimum absolute atomic E-state index is 0.0481. The summed E-state index contributed by atoms with van der Waals surface area (Å²) in [5.41, 5.74) is 5.82. The van der Waals surface area contributed by atoms with E-state index >= 15 is 0 Å². The molecule has 59 heavy (non-hydrogen) atoms. The molecular formula is C41H55ClF3N7O7. The molecule has 18 heteroatoms. The Labute approximate surface area is 347 Å². The molecule has 1 unspecified atom stereocenters. The maximum absolute atomic E-state index is 14.2. The lowest BCUT2D eigenvalue weighted by molar-refractivity contribution is -0.151. The SMILES string of the molecule is Nc1c(Cl)cc(C[C@@H](OC(=O)N2CCC(N3CCc4ccccc4NC3=O)CC2)C(=O)N2CCC(N3CCC[C@H]3C(O)OCCN3CCOCC3)CC2)cc1C(F)(F)F. The average molecular weight is 850 g/mol. The van der Waals surface area contributed by atoms with Crippen molar-refractivity contribution in [2.45, 2.75) is 88.1 Å². The molecule has 7 rings (SSSR count). The minimum atomic E-state index is -4.80. The number of hydrogen-bond donors (Lipinski definition) is 3. The van der Waals surface area contributed by atoms with Crippen LogP contribution in [0, 0.1) is 0 Å². The number of piperidine rings is 2. The van der Waals surface area contributed by atoms with Crippen LogP contribution in [-0.2, 0) is 38.0 Å². The number of carbonyl (C=O) groups is 3. The fraction of sp³-hybridized carbons (Fsp3) is 0.634. The monoisotopic (exact) mass is 849 g/mol. The molecule has 5 aliphatic rings. The van der Waals surface area contributed by atoms with E-state index in [0.29, 0.717) is 78.1 Å². The third kappa shape index (κ3) is 10.5. The lowest BCUT2D eigenvalue weighted by Crippen LogP contribution is -2.54. The number of amides is 4. The zero-order chi connectivity index (χ0) is 41.7. The van der Waals surface area contributed by atoms with Crippen molar-refractivity contribution in [3.63, 3.8) is 0 Å². The normalized spacial score (nSPS) is 22.8. The van der Waals surface area contributed by atoms with E-state index in [1.165, 1.54) is 11.0 Å². The molecule has 14 nitrogen and oxygen atoms in total. The smallest absolute Gasteiger partial charge is 0.418 e. The van der Waals surface area contributed by atoms with Gasteiger partial charge in [-0.25, -0.2) is 9.59 Å². The van der Waals surface area contributed by atoms with Gasteiger partial charge < -0.3 is 45.1 Å². The molecule has 2 aromatic rings. The first-order valence-corrected chi connectivity index (χ1v) is 21.1. The van der Waals surface area contributed by atoms with E-state index in [9.17, 15) is 32.7 Å². The first-order valence-electron chi connectivity index (χ1n) is 20.8. The maximum Gasteiger partial charge on any atom is 0.418 e. The van der Waals surface area contributed by atoms with Crippen LogP contribution in [0.25, 0.3) is 0 Å². The summed E-state index contributed by atoms with van der Waals surface area (Å²) in [6.07, 6.45) is -3.74. The molecule has 0 saturated carbocycles. The van der Waals surface area contributed by atoms with Crippen LogP contribution in [0.5, 0.6) is 0 Å². The molecule has 4 amide bonds. The van der Waals surface area contributed by atoms with Crippen LogP contribution in [-0.4, -0.2) is 157 Å². The maximum atomic E-state index is 14.2. The van der Waals surface area contributed by atoms with E-state index in [4.69, 9.17) is 31.5 Å². The number of alkyl halides is 3. The van der Waals surface area contributed by atoms with Crippen molar-refractivity contribution >= 4 is 41.0 Å². The molecule has 0 aliphatic carbocycles.